The first-order valence-electron chi connectivity index (χ1n) is 6.98. The van der Waals surface area contributed by atoms with Crippen molar-refractivity contribution < 1.29 is 9.47 Å². The van der Waals surface area contributed by atoms with Gasteiger partial charge in [0, 0.05) is 11.1 Å². The van der Waals surface area contributed by atoms with Crippen molar-refractivity contribution in [2.24, 2.45) is 5.73 Å². The van der Waals surface area contributed by atoms with Crippen LogP contribution in [0.5, 0.6) is 11.5 Å². The van der Waals surface area contributed by atoms with E-state index in [4.69, 9.17) is 15.2 Å². The van der Waals surface area contributed by atoms with Crippen molar-refractivity contribution in [2.75, 3.05) is 14.2 Å². The molecular weight excluding hydrogens is 238 g/mol. The van der Waals surface area contributed by atoms with Crippen LogP contribution in [0.3, 0.4) is 0 Å². The van der Waals surface area contributed by atoms with E-state index < -0.39 is 5.54 Å². The molecule has 0 saturated heterocycles. The van der Waals surface area contributed by atoms with Gasteiger partial charge in [0.25, 0.3) is 0 Å². The van der Waals surface area contributed by atoms with Crippen LogP contribution in [0.15, 0.2) is 12.1 Å². The van der Waals surface area contributed by atoms with Crippen molar-refractivity contribution in [3.05, 3.63) is 23.3 Å². The van der Waals surface area contributed by atoms with Gasteiger partial charge < -0.3 is 15.2 Å². The number of methoxy groups -OCH3 is 2. The minimum Gasteiger partial charge on any atom is -0.496 e. The highest BCUT2D eigenvalue weighted by Gasteiger charge is 2.22. The highest BCUT2D eigenvalue weighted by molar-refractivity contribution is 5.49. The molecule has 0 aliphatic heterocycles. The van der Waals surface area contributed by atoms with E-state index in [9.17, 15) is 0 Å². The summed E-state index contributed by atoms with van der Waals surface area (Å²) in [4.78, 5) is 0. The van der Waals surface area contributed by atoms with Gasteiger partial charge in [-0.25, -0.2) is 0 Å². The Labute approximate surface area is 117 Å². The molecule has 0 aliphatic rings. The fourth-order valence-corrected chi connectivity index (χ4v) is 2.23. The molecule has 0 radical (unpaired) electrons. The van der Waals surface area contributed by atoms with E-state index in [0.29, 0.717) is 0 Å². The number of aryl methyl sites for hydroxylation is 1. The van der Waals surface area contributed by atoms with Gasteiger partial charge in [-0.3, -0.25) is 0 Å². The second-order valence-corrected chi connectivity index (χ2v) is 5.54. The fraction of sp³-hybridized carbons (Fsp3) is 0.625. The number of ether oxygens (including phenoxy) is 2. The number of rotatable bonds is 7. The lowest BCUT2D eigenvalue weighted by Crippen LogP contribution is -2.29. The van der Waals surface area contributed by atoms with E-state index in [2.05, 4.69) is 13.0 Å². The van der Waals surface area contributed by atoms with Crippen LogP contribution in [0, 0.1) is 0 Å². The minimum absolute atomic E-state index is 0.444. The first-order chi connectivity index (χ1) is 8.93. The number of benzene rings is 1. The summed E-state index contributed by atoms with van der Waals surface area (Å²) in [5.41, 5.74) is 7.92. The van der Waals surface area contributed by atoms with Crippen LogP contribution in [-0.4, -0.2) is 14.2 Å². The first kappa shape index (κ1) is 15.8. The van der Waals surface area contributed by atoms with Gasteiger partial charge in [-0.1, -0.05) is 19.8 Å². The van der Waals surface area contributed by atoms with Crippen LogP contribution in [0.2, 0.25) is 0 Å². The Morgan fingerprint density at radius 3 is 2.16 bits per heavy atom. The maximum atomic E-state index is 6.19. The summed E-state index contributed by atoms with van der Waals surface area (Å²) >= 11 is 0. The quantitative estimate of drug-likeness (QED) is 0.766. The van der Waals surface area contributed by atoms with Crippen molar-refractivity contribution in [1.29, 1.82) is 0 Å². The van der Waals surface area contributed by atoms with Crippen LogP contribution in [-0.2, 0) is 12.0 Å². The number of hydrogen-bond donors (Lipinski definition) is 1. The number of nitrogens with two attached hydrogens (primary N) is 1. The van der Waals surface area contributed by atoms with Crippen LogP contribution in [0.1, 0.15) is 51.2 Å². The van der Waals surface area contributed by atoms with E-state index in [1.807, 2.05) is 19.9 Å². The first-order valence-corrected chi connectivity index (χ1v) is 6.98. The molecule has 0 fully saturated rings. The highest BCUT2D eigenvalue weighted by Crippen LogP contribution is 2.35. The summed E-state index contributed by atoms with van der Waals surface area (Å²) in [5, 5.41) is 0. The zero-order chi connectivity index (χ0) is 14.5. The standard InChI is InChI=1S/C16H27NO2/c1-6-7-8-9-12-10-15(19-5)13(16(2,3)17)11-14(12)18-4/h10-11H,6-9,17H2,1-5H3. The SMILES string of the molecule is CCCCCc1cc(OC)c(C(C)(C)N)cc1OC. The zero-order valence-corrected chi connectivity index (χ0v) is 12.9. The summed E-state index contributed by atoms with van der Waals surface area (Å²) < 4.78 is 11.0. The Kier molecular flexibility index (Phi) is 5.67. The lowest BCUT2D eigenvalue weighted by Gasteiger charge is -2.24. The van der Waals surface area contributed by atoms with Gasteiger partial charge in [-0.05, 0) is 44.4 Å². The molecule has 0 heterocycles. The molecule has 108 valence electrons. The fourth-order valence-electron chi connectivity index (χ4n) is 2.23. The molecule has 0 amide bonds. The van der Waals surface area contributed by atoms with E-state index in [-0.39, 0.29) is 0 Å². The van der Waals surface area contributed by atoms with E-state index in [1.165, 1.54) is 24.8 Å². The maximum Gasteiger partial charge on any atom is 0.124 e. The molecular formula is C16H27NO2. The molecule has 1 rings (SSSR count). The highest BCUT2D eigenvalue weighted by atomic mass is 16.5. The summed E-state index contributed by atoms with van der Waals surface area (Å²) in [5.74, 6) is 1.75. The zero-order valence-electron chi connectivity index (χ0n) is 12.9. The molecule has 3 nitrogen and oxygen atoms in total. The molecule has 1 aromatic carbocycles. The molecule has 0 spiro atoms. The van der Waals surface area contributed by atoms with Gasteiger partial charge in [0.15, 0.2) is 0 Å². The van der Waals surface area contributed by atoms with Crippen LogP contribution in [0.25, 0.3) is 0 Å². The third-order valence-electron chi connectivity index (χ3n) is 3.35. The molecule has 0 aromatic heterocycles. The van der Waals surface area contributed by atoms with Crippen molar-refractivity contribution in [2.45, 2.75) is 52.0 Å². The average Bonchev–Trinajstić information content (AvgIpc) is 2.37. The second kappa shape index (κ2) is 6.80. The Morgan fingerprint density at radius 1 is 1.05 bits per heavy atom. The Morgan fingerprint density at radius 2 is 1.68 bits per heavy atom. The Balaban J connectivity index is 3.12. The Bertz CT molecular complexity index is 408. The van der Waals surface area contributed by atoms with Gasteiger partial charge >= 0.3 is 0 Å². The summed E-state index contributed by atoms with van der Waals surface area (Å²) in [7, 11) is 3.39. The van der Waals surface area contributed by atoms with Crippen molar-refractivity contribution in [3.8, 4) is 11.5 Å². The predicted molar refractivity (Wildman–Crippen MR) is 80.0 cm³/mol. The largest absolute Gasteiger partial charge is 0.496 e. The summed E-state index contributed by atoms with van der Waals surface area (Å²) in [6, 6.07) is 4.08. The molecule has 0 bridgehead atoms. The van der Waals surface area contributed by atoms with Crippen LogP contribution in [0.4, 0.5) is 0 Å². The van der Waals surface area contributed by atoms with Gasteiger partial charge in [0.2, 0.25) is 0 Å². The van der Waals surface area contributed by atoms with Gasteiger partial charge in [0.1, 0.15) is 11.5 Å². The molecule has 0 saturated carbocycles. The molecule has 1 aromatic rings. The minimum atomic E-state index is -0.444. The van der Waals surface area contributed by atoms with Gasteiger partial charge in [0.05, 0.1) is 14.2 Å². The maximum absolute atomic E-state index is 6.19. The molecule has 19 heavy (non-hydrogen) atoms. The number of hydrogen-bond acceptors (Lipinski definition) is 3. The monoisotopic (exact) mass is 265 g/mol. The third kappa shape index (κ3) is 4.13. The smallest absolute Gasteiger partial charge is 0.124 e. The Hall–Kier alpha value is -1.22. The van der Waals surface area contributed by atoms with Crippen molar-refractivity contribution in [1.82, 2.24) is 0 Å². The lowest BCUT2D eigenvalue weighted by atomic mass is 9.92. The molecule has 2 N–H and O–H groups in total. The van der Waals surface area contributed by atoms with Crippen molar-refractivity contribution in [3.63, 3.8) is 0 Å². The topological polar surface area (TPSA) is 44.5 Å². The van der Waals surface area contributed by atoms with Crippen LogP contribution >= 0.6 is 0 Å². The average molecular weight is 265 g/mol. The van der Waals surface area contributed by atoms with Crippen LogP contribution < -0.4 is 15.2 Å². The van der Waals surface area contributed by atoms with E-state index >= 15 is 0 Å². The second-order valence-electron chi connectivity index (χ2n) is 5.54. The molecule has 3 heteroatoms. The third-order valence-corrected chi connectivity index (χ3v) is 3.35. The normalized spacial score (nSPS) is 11.5. The van der Waals surface area contributed by atoms with Crippen molar-refractivity contribution >= 4 is 0 Å². The van der Waals surface area contributed by atoms with E-state index in [1.54, 1.807) is 14.2 Å². The number of unbranched alkanes of at least 4 members (excludes halogenated alkanes) is 2. The molecule has 0 aliphatic carbocycles. The molecule has 0 unspecified atom stereocenters. The van der Waals surface area contributed by atoms with Gasteiger partial charge in [-0.15, -0.1) is 0 Å². The summed E-state index contributed by atoms with van der Waals surface area (Å²) in [6.45, 7) is 6.15. The molecule has 0 atom stereocenters. The van der Waals surface area contributed by atoms with E-state index in [0.717, 1.165) is 23.5 Å². The summed E-state index contributed by atoms with van der Waals surface area (Å²) in [6.07, 6.45) is 4.63. The van der Waals surface area contributed by atoms with Gasteiger partial charge in [-0.2, -0.15) is 0 Å². The lowest BCUT2D eigenvalue weighted by molar-refractivity contribution is 0.381. The predicted octanol–water partition coefficient (Wildman–Crippen LogP) is 3.63.